The Bertz CT molecular complexity index is 493. The van der Waals surface area contributed by atoms with Crippen molar-refractivity contribution in [2.45, 2.75) is 6.30 Å². The zero-order chi connectivity index (χ0) is 13.2. The largest absolute Gasteiger partial charge is 0.504 e. The number of rotatable bonds is 1. The zero-order valence-electron chi connectivity index (χ0n) is 8.19. The second-order valence-corrected chi connectivity index (χ2v) is 2.93. The summed E-state index contributed by atoms with van der Waals surface area (Å²) >= 11 is 0. The number of carbonyl (C=O) groups excluding carboxylic acids is 1. The van der Waals surface area contributed by atoms with Gasteiger partial charge in [-0.05, 0) is 12.1 Å². The van der Waals surface area contributed by atoms with Gasteiger partial charge in [0.25, 0.3) is 0 Å². The molecule has 0 aliphatic heterocycles. The Kier molecular flexibility index (Phi) is 3.13. The summed E-state index contributed by atoms with van der Waals surface area (Å²) in [5, 5.41) is 17.9. The fourth-order valence-corrected chi connectivity index (χ4v) is 1.18. The highest BCUT2D eigenvalue weighted by Crippen LogP contribution is 2.36. The van der Waals surface area contributed by atoms with Crippen LogP contribution in [-0.4, -0.2) is 17.4 Å². The lowest BCUT2D eigenvalue weighted by Gasteiger charge is -2.23. The maximum Gasteiger partial charge on any atom is 0.493 e. The van der Waals surface area contributed by atoms with Gasteiger partial charge < -0.3 is 10.8 Å². The summed E-state index contributed by atoms with van der Waals surface area (Å²) in [4.78, 5) is 9.99. The normalized spacial score (nSPS) is 10.7. The standard InChI is InChI=1S/C9H6F3N3O2/c10-9(11,12)15(8(14)17)6-3-1-2-5(4-13)7(6)16/h1-3,16H,(H2,14,17). The van der Waals surface area contributed by atoms with Gasteiger partial charge in [0.2, 0.25) is 0 Å². The molecular formula is C9H6F3N3O2. The van der Waals surface area contributed by atoms with Gasteiger partial charge in [-0.15, -0.1) is 13.2 Å². The molecule has 0 unspecified atom stereocenters. The number of aromatic hydroxyl groups is 1. The molecule has 0 fully saturated rings. The second-order valence-electron chi connectivity index (χ2n) is 2.93. The van der Waals surface area contributed by atoms with Gasteiger partial charge in [-0.3, -0.25) is 0 Å². The molecule has 3 N–H and O–H groups in total. The maximum atomic E-state index is 12.5. The molecular weight excluding hydrogens is 239 g/mol. The van der Waals surface area contributed by atoms with Crippen LogP contribution in [0.3, 0.4) is 0 Å². The lowest BCUT2D eigenvalue weighted by atomic mass is 10.2. The van der Waals surface area contributed by atoms with Gasteiger partial charge >= 0.3 is 12.3 Å². The molecule has 0 heterocycles. The van der Waals surface area contributed by atoms with Crippen LogP contribution in [0, 0.1) is 11.3 Å². The summed E-state index contributed by atoms with van der Waals surface area (Å²) in [6.45, 7) is 0. The minimum Gasteiger partial charge on any atom is -0.504 e. The predicted octanol–water partition coefficient (Wildman–Crippen LogP) is 1.67. The molecule has 5 nitrogen and oxygen atoms in total. The van der Waals surface area contributed by atoms with E-state index in [1.807, 2.05) is 0 Å². The van der Waals surface area contributed by atoms with E-state index in [9.17, 15) is 23.1 Å². The quantitative estimate of drug-likeness (QED) is 0.737. The number of phenols is 1. The molecule has 0 atom stereocenters. The van der Waals surface area contributed by atoms with Gasteiger partial charge in [-0.2, -0.15) is 5.26 Å². The van der Waals surface area contributed by atoms with Crippen molar-refractivity contribution in [1.29, 1.82) is 5.26 Å². The van der Waals surface area contributed by atoms with Crippen LogP contribution in [0.25, 0.3) is 0 Å². The molecule has 1 aromatic rings. The van der Waals surface area contributed by atoms with Crippen LogP contribution in [0.15, 0.2) is 18.2 Å². The first kappa shape index (κ1) is 12.6. The SMILES string of the molecule is N#Cc1cccc(N(C(N)=O)C(F)(F)F)c1O. The van der Waals surface area contributed by atoms with E-state index in [0.29, 0.717) is 0 Å². The number of alkyl halides is 3. The molecule has 0 aliphatic carbocycles. The molecule has 0 aliphatic rings. The number of halogens is 3. The Morgan fingerprint density at radius 2 is 2.06 bits per heavy atom. The van der Waals surface area contributed by atoms with Crippen LogP contribution < -0.4 is 10.6 Å². The number of hydrogen-bond acceptors (Lipinski definition) is 3. The Morgan fingerprint density at radius 3 is 2.47 bits per heavy atom. The van der Waals surface area contributed by atoms with E-state index in [0.717, 1.165) is 18.2 Å². The Morgan fingerprint density at radius 1 is 1.47 bits per heavy atom. The molecule has 90 valence electrons. The van der Waals surface area contributed by atoms with Crippen LogP contribution in [0.2, 0.25) is 0 Å². The van der Waals surface area contributed by atoms with E-state index < -0.39 is 34.2 Å². The third-order valence-electron chi connectivity index (χ3n) is 1.85. The molecule has 17 heavy (non-hydrogen) atoms. The summed E-state index contributed by atoms with van der Waals surface area (Å²) < 4.78 is 37.5. The topological polar surface area (TPSA) is 90.4 Å². The number of primary amides is 1. The van der Waals surface area contributed by atoms with E-state index in [1.165, 1.54) is 6.07 Å². The Labute approximate surface area is 93.5 Å². The number of nitrogens with zero attached hydrogens (tertiary/aromatic N) is 2. The van der Waals surface area contributed by atoms with Crippen molar-refractivity contribution in [3.05, 3.63) is 23.8 Å². The van der Waals surface area contributed by atoms with Crippen LogP contribution >= 0.6 is 0 Å². The third kappa shape index (κ3) is 2.39. The van der Waals surface area contributed by atoms with E-state index in [-0.39, 0.29) is 0 Å². The van der Waals surface area contributed by atoms with Crippen molar-refractivity contribution in [2.24, 2.45) is 5.73 Å². The van der Waals surface area contributed by atoms with Crippen LogP contribution in [0.5, 0.6) is 5.75 Å². The van der Waals surface area contributed by atoms with E-state index in [1.54, 1.807) is 0 Å². The average molecular weight is 245 g/mol. The summed E-state index contributed by atoms with van der Waals surface area (Å²) in [7, 11) is 0. The fourth-order valence-electron chi connectivity index (χ4n) is 1.18. The highest BCUT2D eigenvalue weighted by molar-refractivity contribution is 5.93. The van der Waals surface area contributed by atoms with Gasteiger partial charge in [0.15, 0.2) is 5.75 Å². The predicted molar refractivity (Wildman–Crippen MR) is 50.9 cm³/mol. The number of carbonyl (C=O) groups is 1. The summed E-state index contributed by atoms with van der Waals surface area (Å²) in [6, 6.07) is 2.71. The first-order chi connectivity index (χ1) is 7.79. The van der Waals surface area contributed by atoms with Crippen LogP contribution in [-0.2, 0) is 0 Å². The number of amides is 2. The highest BCUT2D eigenvalue weighted by Gasteiger charge is 2.42. The Balaban J connectivity index is 3.41. The van der Waals surface area contributed by atoms with Gasteiger partial charge in [0.1, 0.15) is 6.07 Å². The third-order valence-corrected chi connectivity index (χ3v) is 1.85. The maximum absolute atomic E-state index is 12.5. The number of nitrogens with two attached hydrogens (primary N) is 1. The number of nitriles is 1. The Hall–Kier alpha value is -2.43. The summed E-state index contributed by atoms with van der Waals surface area (Å²) in [5.74, 6) is -0.953. The molecule has 0 saturated carbocycles. The monoisotopic (exact) mass is 245 g/mol. The molecule has 0 radical (unpaired) electrons. The van der Waals surface area contributed by atoms with Crippen molar-refractivity contribution in [3.63, 3.8) is 0 Å². The molecule has 0 bridgehead atoms. The minimum atomic E-state index is -5.09. The molecule has 2 amide bonds. The first-order valence-electron chi connectivity index (χ1n) is 4.17. The van der Waals surface area contributed by atoms with Crippen LogP contribution in [0.1, 0.15) is 5.56 Å². The lowest BCUT2D eigenvalue weighted by molar-refractivity contribution is -0.121. The highest BCUT2D eigenvalue weighted by atomic mass is 19.4. The van der Waals surface area contributed by atoms with E-state index in [4.69, 9.17) is 5.26 Å². The lowest BCUT2D eigenvalue weighted by Crippen LogP contribution is -2.46. The second kappa shape index (κ2) is 4.21. The smallest absolute Gasteiger partial charge is 0.493 e. The van der Waals surface area contributed by atoms with Crippen molar-refractivity contribution < 1.29 is 23.1 Å². The van der Waals surface area contributed by atoms with Crippen molar-refractivity contribution in [1.82, 2.24) is 0 Å². The molecule has 0 spiro atoms. The van der Waals surface area contributed by atoms with Crippen molar-refractivity contribution >= 4 is 11.7 Å². The van der Waals surface area contributed by atoms with Gasteiger partial charge in [-0.1, -0.05) is 6.07 Å². The molecule has 0 saturated heterocycles. The summed E-state index contributed by atoms with van der Waals surface area (Å²) in [5.41, 5.74) is 3.31. The molecule has 1 aromatic carbocycles. The molecule has 8 heteroatoms. The number of urea groups is 1. The number of hydrogen-bond donors (Lipinski definition) is 2. The average Bonchev–Trinajstić information content (AvgIpc) is 2.18. The fraction of sp³-hybridized carbons (Fsp3) is 0.111. The van der Waals surface area contributed by atoms with Crippen molar-refractivity contribution in [3.8, 4) is 11.8 Å². The van der Waals surface area contributed by atoms with Gasteiger partial charge in [0.05, 0.1) is 11.3 Å². The van der Waals surface area contributed by atoms with E-state index >= 15 is 0 Å². The number of anilines is 1. The number of para-hydroxylation sites is 1. The zero-order valence-corrected chi connectivity index (χ0v) is 8.19. The number of benzene rings is 1. The first-order valence-corrected chi connectivity index (χ1v) is 4.17. The molecule has 0 aromatic heterocycles. The van der Waals surface area contributed by atoms with Gasteiger partial charge in [0, 0.05) is 0 Å². The van der Waals surface area contributed by atoms with E-state index in [2.05, 4.69) is 5.73 Å². The number of phenolic OH excluding ortho intramolecular Hbond substituents is 1. The van der Waals surface area contributed by atoms with Crippen LogP contribution in [0.4, 0.5) is 23.7 Å². The minimum absolute atomic E-state index is 0.391. The van der Waals surface area contributed by atoms with Gasteiger partial charge in [-0.25, -0.2) is 9.69 Å². The van der Waals surface area contributed by atoms with Crippen molar-refractivity contribution in [2.75, 3.05) is 4.90 Å². The molecule has 1 rings (SSSR count). The summed E-state index contributed by atoms with van der Waals surface area (Å²) in [6.07, 6.45) is -5.09.